The lowest BCUT2D eigenvalue weighted by Crippen LogP contribution is -2.41. The van der Waals surface area contributed by atoms with E-state index in [0.717, 1.165) is 0 Å². The summed E-state index contributed by atoms with van der Waals surface area (Å²) in [5.74, 6) is 0. The molecule has 108 valence electrons. The van der Waals surface area contributed by atoms with Crippen molar-refractivity contribution in [3.05, 3.63) is 33.5 Å². The first-order chi connectivity index (χ1) is 9.05. The van der Waals surface area contributed by atoms with Crippen LogP contribution in [0.2, 0.25) is 0 Å². The van der Waals surface area contributed by atoms with Crippen LogP contribution in [0.3, 0.4) is 0 Å². The van der Waals surface area contributed by atoms with E-state index in [4.69, 9.17) is 0 Å². The average molecular weight is 269 g/mol. The molecule has 2 heterocycles. The van der Waals surface area contributed by atoms with E-state index in [1.807, 2.05) is 0 Å². The van der Waals surface area contributed by atoms with Gasteiger partial charge in [0.15, 0.2) is 0 Å². The molecule has 0 atom stereocenters. The Morgan fingerprint density at radius 1 is 0.700 bits per heavy atom. The Morgan fingerprint density at radius 2 is 1.25 bits per heavy atom. The van der Waals surface area contributed by atoms with E-state index in [9.17, 15) is 0 Å². The van der Waals surface area contributed by atoms with Crippen molar-refractivity contribution in [2.24, 2.45) is 0 Å². The number of rotatable bonds is 0. The van der Waals surface area contributed by atoms with Crippen LogP contribution in [0, 0.1) is 34.6 Å². The number of aromatic nitrogens is 1. The van der Waals surface area contributed by atoms with Crippen molar-refractivity contribution >= 4 is 10.9 Å². The summed E-state index contributed by atoms with van der Waals surface area (Å²) in [6.45, 7) is 21.1. The van der Waals surface area contributed by atoms with Crippen LogP contribution in [0.15, 0.2) is 0 Å². The number of hydrogen-bond acceptors (Lipinski definition) is 0. The van der Waals surface area contributed by atoms with Gasteiger partial charge in [0, 0.05) is 22.0 Å². The molecule has 0 spiro atoms. The quantitative estimate of drug-likeness (QED) is 0.618. The minimum Gasteiger partial charge on any atom is -0.338 e. The smallest absolute Gasteiger partial charge is 0.0535 e. The van der Waals surface area contributed by atoms with Gasteiger partial charge in [0.2, 0.25) is 0 Å². The molecule has 0 saturated heterocycles. The van der Waals surface area contributed by atoms with Crippen molar-refractivity contribution in [1.82, 2.24) is 4.57 Å². The maximum atomic E-state index is 2.60. The molecule has 0 unspecified atom stereocenters. The average Bonchev–Trinajstić information content (AvgIpc) is 2.67. The fourth-order valence-electron chi connectivity index (χ4n) is 4.38. The molecule has 0 fully saturated rings. The molecule has 0 radical (unpaired) electrons. The molecular weight excluding hydrogens is 242 g/mol. The first-order valence-corrected chi connectivity index (χ1v) is 7.67. The highest BCUT2D eigenvalue weighted by molar-refractivity contribution is 5.95. The third kappa shape index (κ3) is 1.17. The molecule has 1 aliphatic heterocycles. The predicted molar refractivity (Wildman–Crippen MR) is 88.0 cm³/mol. The Labute approximate surface area is 123 Å². The van der Waals surface area contributed by atoms with E-state index < -0.39 is 0 Å². The summed E-state index contributed by atoms with van der Waals surface area (Å²) in [7, 11) is 0. The summed E-state index contributed by atoms with van der Waals surface area (Å²) in [5.41, 5.74) is 10.7. The normalized spacial score (nSPS) is 19.1. The first-order valence-electron chi connectivity index (χ1n) is 7.67. The van der Waals surface area contributed by atoms with Crippen molar-refractivity contribution in [2.45, 2.75) is 73.3 Å². The van der Waals surface area contributed by atoms with Gasteiger partial charge in [-0.1, -0.05) is 13.8 Å². The summed E-state index contributed by atoms with van der Waals surface area (Å²) in [5, 5.41) is 1.50. The molecule has 0 aliphatic carbocycles. The summed E-state index contributed by atoms with van der Waals surface area (Å²) < 4.78 is 2.60. The third-order valence-corrected chi connectivity index (χ3v) is 6.54. The molecule has 1 aromatic carbocycles. The number of aryl methyl sites for hydroxylation is 2. The second kappa shape index (κ2) is 3.50. The van der Waals surface area contributed by atoms with Crippen molar-refractivity contribution in [3.63, 3.8) is 0 Å². The fraction of sp³-hybridized carbons (Fsp3) is 0.579. The van der Waals surface area contributed by atoms with Crippen LogP contribution in [0.5, 0.6) is 0 Å². The molecule has 1 aliphatic rings. The third-order valence-electron chi connectivity index (χ3n) is 6.54. The maximum Gasteiger partial charge on any atom is 0.0535 e. The monoisotopic (exact) mass is 269 g/mol. The Bertz CT molecular complexity index is 754. The molecule has 0 saturated carbocycles. The van der Waals surface area contributed by atoms with Crippen LogP contribution in [0.1, 0.15) is 61.2 Å². The molecule has 20 heavy (non-hydrogen) atoms. The lowest BCUT2D eigenvalue weighted by molar-refractivity contribution is 0.226. The number of nitrogens with zero attached hydrogens (tertiary/aromatic N) is 1. The molecule has 1 nitrogen and oxygen atoms in total. The Balaban J connectivity index is 2.70. The van der Waals surface area contributed by atoms with Crippen LogP contribution >= 0.6 is 0 Å². The van der Waals surface area contributed by atoms with Crippen LogP contribution < -0.4 is 0 Å². The van der Waals surface area contributed by atoms with E-state index in [1.54, 1.807) is 5.56 Å². The fourth-order valence-corrected chi connectivity index (χ4v) is 4.38. The first kappa shape index (κ1) is 13.7. The topological polar surface area (TPSA) is 4.93 Å². The summed E-state index contributed by atoms with van der Waals surface area (Å²) in [6, 6.07) is 0. The maximum absolute atomic E-state index is 2.60. The van der Waals surface area contributed by atoms with Crippen LogP contribution in [0.4, 0.5) is 0 Å². The van der Waals surface area contributed by atoms with Gasteiger partial charge in [0.1, 0.15) is 0 Å². The Hall–Kier alpha value is -1.24. The zero-order valence-corrected chi connectivity index (χ0v) is 14.4. The Kier molecular flexibility index (Phi) is 2.40. The molecule has 2 aromatic rings. The van der Waals surface area contributed by atoms with Crippen LogP contribution in [-0.4, -0.2) is 4.57 Å². The van der Waals surface area contributed by atoms with Crippen molar-refractivity contribution in [1.29, 1.82) is 0 Å². The van der Waals surface area contributed by atoms with Crippen LogP contribution in [0.25, 0.3) is 10.9 Å². The SMILES string of the molecule is Cc1c(C)c2c3c(c1C)c(C)c(C)n3C(C)(C)C2(C)C. The van der Waals surface area contributed by atoms with E-state index in [2.05, 4.69) is 66.9 Å². The van der Waals surface area contributed by atoms with Gasteiger partial charge in [0.05, 0.1) is 5.52 Å². The highest BCUT2D eigenvalue weighted by Gasteiger charge is 2.49. The molecule has 1 aromatic heterocycles. The van der Waals surface area contributed by atoms with Crippen molar-refractivity contribution < 1.29 is 0 Å². The summed E-state index contributed by atoms with van der Waals surface area (Å²) in [6.07, 6.45) is 0. The zero-order valence-electron chi connectivity index (χ0n) is 14.4. The minimum atomic E-state index is 0.122. The van der Waals surface area contributed by atoms with Gasteiger partial charge in [-0.15, -0.1) is 0 Å². The molecule has 0 N–H and O–H groups in total. The van der Waals surface area contributed by atoms with Gasteiger partial charge in [-0.2, -0.15) is 0 Å². The van der Waals surface area contributed by atoms with Gasteiger partial charge in [0.25, 0.3) is 0 Å². The largest absolute Gasteiger partial charge is 0.338 e. The van der Waals surface area contributed by atoms with Crippen molar-refractivity contribution in [2.75, 3.05) is 0 Å². The molecular formula is C19H27N. The standard InChI is InChI=1S/C19H27N/c1-10-11(2)15-13(4)14(5)20-17(15)16(12(10)3)18(6,7)19(20,8)9/h1-9H3. The second-order valence-corrected chi connectivity index (χ2v) is 7.70. The van der Waals surface area contributed by atoms with Gasteiger partial charge >= 0.3 is 0 Å². The summed E-state index contributed by atoms with van der Waals surface area (Å²) >= 11 is 0. The highest BCUT2D eigenvalue weighted by Crippen LogP contribution is 2.54. The van der Waals surface area contributed by atoms with E-state index in [-0.39, 0.29) is 11.0 Å². The van der Waals surface area contributed by atoms with E-state index >= 15 is 0 Å². The van der Waals surface area contributed by atoms with E-state index in [0.29, 0.717) is 0 Å². The summed E-state index contributed by atoms with van der Waals surface area (Å²) in [4.78, 5) is 0. The number of hydrogen-bond donors (Lipinski definition) is 0. The van der Waals surface area contributed by atoms with Crippen molar-refractivity contribution in [3.8, 4) is 0 Å². The zero-order chi connectivity index (χ0) is 15.2. The van der Waals surface area contributed by atoms with Gasteiger partial charge < -0.3 is 4.57 Å². The minimum absolute atomic E-state index is 0.122. The van der Waals surface area contributed by atoms with E-state index in [1.165, 1.54) is 38.9 Å². The lowest BCUT2D eigenvalue weighted by atomic mass is 9.69. The van der Waals surface area contributed by atoms with Crippen LogP contribution in [-0.2, 0) is 11.0 Å². The molecule has 3 rings (SSSR count). The second-order valence-electron chi connectivity index (χ2n) is 7.70. The van der Waals surface area contributed by atoms with Gasteiger partial charge in [-0.05, 0) is 76.3 Å². The van der Waals surface area contributed by atoms with Gasteiger partial charge in [-0.25, -0.2) is 0 Å². The molecule has 0 bridgehead atoms. The highest BCUT2D eigenvalue weighted by atomic mass is 15.1. The Morgan fingerprint density at radius 3 is 1.80 bits per heavy atom. The van der Waals surface area contributed by atoms with Gasteiger partial charge in [-0.3, -0.25) is 0 Å². The molecule has 0 amide bonds. The lowest BCUT2D eigenvalue weighted by Gasteiger charge is -2.39. The predicted octanol–water partition coefficient (Wildman–Crippen LogP) is 5.21. The molecule has 1 heteroatoms. The number of benzene rings is 1.